The maximum Gasteiger partial charge on any atom is 0.330 e. The molecule has 1 atom stereocenters. The van der Waals surface area contributed by atoms with E-state index in [9.17, 15) is 4.79 Å². The molecule has 1 heterocycles. The molecule has 0 spiro atoms. The molecule has 2 rings (SSSR count). The number of benzene rings is 1. The first-order valence-electron chi connectivity index (χ1n) is 7.10. The number of likely N-dealkylation sites (N-methyl/N-ethyl adjacent to an activating group) is 1. The van der Waals surface area contributed by atoms with Gasteiger partial charge in [-0.3, -0.25) is 4.90 Å². The first kappa shape index (κ1) is 15.0. The molecule has 1 fully saturated rings. The third-order valence-corrected chi connectivity index (χ3v) is 3.62. The van der Waals surface area contributed by atoms with Crippen LogP contribution in [0.2, 0.25) is 0 Å². The minimum absolute atomic E-state index is 0.172. The van der Waals surface area contributed by atoms with Crippen molar-refractivity contribution in [3.05, 3.63) is 35.9 Å². The number of carbonyl (C=O) groups is 1. The first-order valence-corrected chi connectivity index (χ1v) is 7.10. The molecule has 110 valence electrons. The Balaban J connectivity index is 2.04. The van der Waals surface area contributed by atoms with Crippen molar-refractivity contribution in [1.82, 2.24) is 9.96 Å². The topological polar surface area (TPSA) is 32.8 Å². The molecule has 4 nitrogen and oxygen atoms in total. The number of nitrogens with zero attached hydrogens (tertiary/aromatic N) is 2. The highest BCUT2D eigenvalue weighted by Gasteiger charge is 2.31. The molecule has 1 aliphatic rings. The van der Waals surface area contributed by atoms with E-state index in [4.69, 9.17) is 4.84 Å². The Morgan fingerprint density at radius 2 is 1.85 bits per heavy atom. The fourth-order valence-electron chi connectivity index (χ4n) is 2.22. The van der Waals surface area contributed by atoms with E-state index in [1.165, 1.54) is 5.56 Å². The van der Waals surface area contributed by atoms with Gasteiger partial charge < -0.3 is 4.84 Å². The van der Waals surface area contributed by atoms with E-state index in [-0.39, 0.29) is 12.0 Å². The van der Waals surface area contributed by atoms with Gasteiger partial charge in [-0.15, -0.1) is 5.06 Å². The molecule has 0 saturated carbocycles. The van der Waals surface area contributed by atoms with E-state index in [1.54, 1.807) is 5.06 Å². The van der Waals surface area contributed by atoms with Crippen molar-refractivity contribution in [2.24, 2.45) is 5.41 Å². The fourth-order valence-corrected chi connectivity index (χ4v) is 2.22. The lowest BCUT2D eigenvalue weighted by atomic mass is 9.98. The van der Waals surface area contributed by atoms with Gasteiger partial charge in [0.2, 0.25) is 0 Å². The average molecular weight is 276 g/mol. The molecule has 4 heteroatoms. The van der Waals surface area contributed by atoms with Crippen LogP contribution in [0.3, 0.4) is 0 Å². The number of piperazine rings is 1. The van der Waals surface area contributed by atoms with Crippen LogP contribution in [0.25, 0.3) is 0 Å². The molecule has 1 aromatic carbocycles. The van der Waals surface area contributed by atoms with Crippen molar-refractivity contribution < 1.29 is 9.63 Å². The molecule has 0 bridgehead atoms. The van der Waals surface area contributed by atoms with Crippen LogP contribution in [0, 0.1) is 5.41 Å². The molecular formula is C16H24N2O2. The maximum absolute atomic E-state index is 12.0. The zero-order chi connectivity index (χ0) is 14.8. The van der Waals surface area contributed by atoms with Gasteiger partial charge in [0.1, 0.15) is 0 Å². The molecule has 1 unspecified atom stereocenters. The smallest absolute Gasteiger partial charge is 0.330 e. The Morgan fingerprint density at radius 3 is 2.45 bits per heavy atom. The summed E-state index contributed by atoms with van der Waals surface area (Å²) in [5.74, 6) is -0.172. The van der Waals surface area contributed by atoms with Crippen LogP contribution in [0.15, 0.2) is 30.3 Å². The Kier molecular flexibility index (Phi) is 4.45. The second-order valence-electron chi connectivity index (χ2n) is 6.42. The Morgan fingerprint density at radius 1 is 1.20 bits per heavy atom. The second kappa shape index (κ2) is 5.94. The number of hydroxylamine groups is 2. The van der Waals surface area contributed by atoms with Gasteiger partial charge in [-0.25, -0.2) is 4.79 Å². The SMILES string of the molecule is CN1CCN(OC(=O)C(C)(C)C)CC1c1ccccc1. The van der Waals surface area contributed by atoms with E-state index in [2.05, 4.69) is 24.1 Å². The predicted molar refractivity (Wildman–Crippen MR) is 78.9 cm³/mol. The van der Waals surface area contributed by atoms with Gasteiger partial charge in [-0.05, 0) is 33.4 Å². The third kappa shape index (κ3) is 3.58. The molecule has 1 saturated heterocycles. The predicted octanol–water partition coefficient (Wildman–Crippen LogP) is 2.48. The summed E-state index contributed by atoms with van der Waals surface area (Å²) in [4.78, 5) is 19.8. The van der Waals surface area contributed by atoms with E-state index >= 15 is 0 Å². The molecule has 0 radical (unpaired) electrons. The Bertz CT molecular complexity index is 453. The molecular weight excluding hydrogens is 252 g/mol. The van der Waals surface area contributed by atoms with Crippen LogP contribution in [-0.4, -0.2) is 42.6 Å². The highest BCUT2D eigenvalue weighted by Crippen LogP contribution is 2.25. The van der Waals surface area contributed by atoms with Crippen molar-refractivity contribution in [2.75, 3.05) is 26.7 Å². The normalized spacial score (nSPS) is 21.7. The zero-order valence-electron chi connectivity index (χ0n) is 12.8. The van der Waals surface area contributed by atoms with Gasteiger partial charge >= 0.3 is 5.97 Å². The molecule has 20 heavy (non-hydrogen) atoms. The fraction of sp³-hybridized carbons (Fsp3) is 0.562. The molecule has 0 aliphatic carbocycles. The summed E-state index contributed by atoms with van der Waals surface area (Å²) in [5.41, 5.74) is 0.789. The zero-order valence-corrected chi connectivity index (χ0v) is 12.8. The number of hydrogen-bond acceptors (Lipinski definition) is 4. The van der Waals surface area contributed by atoms with Crippen molar-refractivity contribution in [2.45, 2.75) is 26.8 Å². The van der Waals surface area contributed by atoms with Gasteiger partial charge in [0.25, 0.3) is 0 Å². The van der Waals surface area contributed by atoms with E-state index in [1.807, 2.05) is 39.0 Å². The number of rotatable bonds is 2. The molecule has 0 amide bonds. The lowest BCUT2D eigenvalue weighted by Crippen LogP contribution is -2.48. The molecule has 0 N–H and O–H groups in total. The van der Waals surface area contributed by atoms with Crippen molar-refractivity contribution >= 4 is 5.97 Å². The van der Waals surface area contributed by atoms with Crippen molar-refractivity contribution in [1.29, 1.82) is 0 Å². The van der Waals surface area contributed by atoms with Crippen LogP contribution < -0.4 is 0 Å². The summed E-state index contributed by atoms with van der Waals surface area (Å²) in [6.45, 7) is 7.97. The minimum Gasteiger partial charge on any atom is -0.367 e. The Labute approximate surface area is 121 Å². The van der Waals surface area contributed by atoms with E-state index < -0.39 is 5.41 Å². The first-order chi connectivity index (χ1) is 9.38. The standard InChI is InChI=1S/C16H24N2O2/c1-16(2,3)15(19)20-18-11-10-17(4)14(12-18)13-8-6-5-7-9-13/h5-9,14H,10-12H2,1-4H3. The van der Waals surface area contributed by atoms with E-state index in [0.717, 1.165) is 13.1 Å². The van der Waals surface area contributed by atoms with Gasteiger partial charge in [-0.1, -0.05) is 30.3 Å². The van der Waals surface area contributed by atoms with Crippen molar-refractivity contribution in [3.63, 3.8) is 0 Å². The second-order valence-corrected chi connectivity index (χ2v) is 6.42. The monoisotopic (exact) mass is 276 g/mol. The molecule has 0 aromatic heterocycles. The molecule has 1 aliphatic heterocycles. The van der Waals surface area contributed by atoms with Gasteiger partial charge in [0, 0.05) is 13.1 Å². The quantitative estimate of drug-likeness (QED) is 0.831. The number of hydrogen-bond donors (Lipinski definition) is 0. The van der Waals surface area contributed by atoms with Gasteiger partial charge in [0.05, 0.1) is 18.0 Å². The third-order valence-electron chi connectivity index (χ3n) is 3.62. The summed E-state index contributed by atoms with van der Waals surface area (Å²) < 4.78 is 0. The number of carbonyl (C=O) groups excluding carboxylic acids is 1. The largest absolute Gasteiger partial charge is 0.367 e. The van der Waals surface area contributed by atoms with Crippen molar-refractivity contribution in [3.8, 4) is 0 Å². The summed E-state index contributed by atoms with van der Waals surface area (Å²) in [5, 5.41) is 1.80. The van der Waals surface area contributed by atoms with Crippen LogP contribution >= 0.6 is 0 Å². The lowest BCUT2D eigenvalue weighted by Gasteiger charge is -2.39. The summed E-state index contributed by atoms with van der Waals surface area (Å²) in [6, 6.07) is 10.6. The van der Waals surface area contributed by atoms with Gasteiger partial charge in [-0.2, -0.15) is 0 Å². The average Bonchev–Trinajstić information content (AvgIpc) is 2.41. The van der Waals surface area contributed by atoms with E-state index in [0.29, 0.717) is 6.54 Å². The summed E-state index contributed by atoms with van der Waals surface area (Å²) in [7, 11) is 2.11. The highest BCUT2D eigenvalue weighted by atomic mass is 16.7. The van der Waals surface area contributed by atoms with Crippen LogP contribution in [0.1, 0.15) is 32.4 Å². The van der Waals surface area contributed by atoms with Gasteiger partial charge in [0.15, 0.2) is 0 Å². The van der Waals surface area contributed by atoms with Crippen LogP contribution in [0.5, 0.6) is 0 Å². The highest BCUT2D eigenvalue weighted by molar-refractivity contribution is 5.75. The Hall–Kier alpha value is -1.39. The molecule has 1 aromatic rings. The van der Waals surface area contributed by atoms with Crippen LogP contribution in [0.4, 0.5) is 0 Å². The lowest BCUT2D eigenvalue weighted by molar-refractivity contribution is -0.211. The maximum atomic E-state index is 12.0. The summed E-state index contributed by atoms with van der Waals surface area (Å²) >= 11 is 0. The van der Waals surface area contributed by atoms with Crippen LogP contribution in [-0.2, 0) is 9.63 Å². The minimum atomic E-state index is -0.467. The summed E-state index contributed by atoms with van der Waals surface area (Å²) in [6.07, 6.45) is 0.